The molecule has 3 unspecified atom stereocenters. The zero-order chi connectivity index (χ0) is 48.8. The van der Waals surface area contributed by atoms with E-state index in [1.807, 2.05) is 42.5 Å². The van der Waals surface area contributed by atoms with Gasteiger partial charge in [-0.2, -0.15) is 9.29 Å². The smallest absolute Gasteiger partial charge is 0.462 e. The van der Waals surface area contributed by atoms with Crippen LogP contribution in [0.5, 0.6) is 0 Å². The van der Waals surface area contributed by atoms with Crippen molar-refractivity contribution >= 4 is 33.4 Å². The number of hydrogen-bond acceptors (Lipinski definition) is 16. The van der Waals surface area contributed by atoms with Crippen LogP contribution in [0.25, 0.3) is 0 Å². The lowest BCUT2D eigenvalue weighted by Crippen LogP contribution is -2.36. The summed E-state index contributed by atoms with van der Waals surface area (Å²) in [6.45, 7) is 4.17. The molecule has 1 fully saturated rings. The first kappa shape index (κ1) is 58.8. The predicted octanol–water partition coefficient (Wildman–Crippen LogP) is 7.43. The Kier molecular flexibility index (Phi) is 29.6. The number of aromatic nitrogens is 2. The Morgan fingerprint density at radius 1 is 0.848 bits per heavy atom. The lowest BCUT2D eigenvalue weighted by molar-refractivity contribution is -0.161. The van der Waals surface area contributed by atoms with Gasteiger partial charge in [0.1, 0.15) is 30.7 Å². The van der Waals surface area contributed by atoms with E-state index in [1.54, 1.807) is 6.08 Å². The van der Waals surface area contributed by atoms with E-state index in [0.29, 0.717) is 31.6 Å². The number of ether oxygens (including phenoxy) is 3. The second-order valence-electron chi connectivity index (χ2n) is 16.3. The molecule has 0 saturated carbocycles. The minimum Gasteiger partial charge on any atom is -0.462 e. The van der Waals surface area contributed by atoms with Crippen LogP contribution in [0.3, 0.4) is 0 Å². The first-order valence-electron chi connectivity index (χ1n) is 23.2. The molecule has 1 aromatic rings. The van der Waals surface area contributed by atoms with Gasteiger partial charge in [-0.25, -0.2) is 13.9 Å². The van der Waals surface area contributed by atoms with Crippen molar-refractivity contribution in [3.8, 4) is 0 Å². The third-order valence-electron chi connectivity index (χ3n) is 10.6. The number of hydrogen-bond donors (Lipinski definition) is 6. The summed E-state index contributed by atoms with van der Waals surface area (Å²) in [5, 5.41) is 30.8. The maximum absolute atomic E-state index is 12.8. The summed E-state index contributed by atoms with van der Waals surface area (Å²) in [5.41, 5.74) is 4.57. The van der Waals surface area contributed by atoms with Crippen LogP contribution in [0.1, 0.15) is 143 Å². The summed E-state index contributed by atoms with van der Waals surface area (Å²) < 4.78 is 56.5. The van der Waals surface area contributed by atoms with E-state index < -0.39 is 89.8 Å². The quantitative estimate of drug-likeness (QED) is 0.0125. The first-order chi connectivity index (χ1) is 31.5. The summed E-state index contributed by atoms with van der Waals surface area (Å²) >= 11 is 0. The Morgan fingerprint density at radius 2 is 1.50 bits per heavy atom. The molecule has 0 spiro atoms. The van der Waals surface area contributed by atoms with E-state index in [0.717, 1.165) is 75.0 Å². The molecule has 1 aliphatic heterocycles. The third kappa shape index (κ3) is 26.3. The van der Waals surface area contributed by atoms with Crippen molar-refractivity contribution in [1.82, 2.24) is 9.55 Å². The fraction of sp³-hybridized carbons (Fsp3) is 0.689. The van der Waals surface area contributed by atoms with E-state index in [2.05, 4.69) is 30.1 Å². The van der Waals surface area contributed by atoms with Crippen molar-refractivity contribution in [3.05, 3.63) is 71.4 Å². The van der Waals surface area contributed by atoms with Crippen molar-refractivity contribution in [2.45, 2.75) is 173 Å². The number of allylic oxidation sites excluding steroid dienone is 7. The molecule has 0 aliphatic carbocycles. The Bertz CT molecular complexity index is 1820. The van der Waals surface area contributed by atoms with E-state index in [1.165, 1.54) is 18.9 Å². The van der Waals surface area contributed by atoms with Gasteiger partial charge >= 0.3 is 33.3 Å². The summed E-state index contributed by atoms with van der Waals surface area (Å²) in [4.78, 5) is 61.6. The Labute approximate surface area is 389 Å². The molecule has 0 bridgehead atoms. The number of carbonyl (C=O) groups excluding carboxylic acids is 2. The highest BCUT2D eigenvalue weighted by molar-refractivity contribution is 7.61. The van der Waals surface area contributed by atoms with Crippen molar-refractivity contribution in [3.63, 3.8) is 0 Å². The molecular weight excluding hydrogens is 900 g/mol. The fourth-order valence-electron chi connectivity index (χ4n) is 6.51. The molecule has 1 aliphatic rings. The highest BCUT2D eigenvalue weighted by atomic mass is 31.3. The van der Waals surface area contributed by atoms with E-state index in [4.69, 9.17) is 29.0 Å². The van der Waals surface area contributed by atoms with E-state index >= 15 is 0 Å². The number of rotatable bonds is 36. The number of nitrogens with zero attached hydrogens (tertiary/aromatic N) is 2. The maximum atomic E-state index is 12.8. The largest absolute Gasteiger partial charge is 0.481 e. The van der Waals surface area contributed by atoms with Gasteiger partial charge in [0.2, 0.25) is 0 Å². The van der Waals surface area contributed by atoms with Gasteiger partial charge in [-0.3, -0.25) is 23.2 Å². The van der Waals surface area contributed by atoms with E-state index in [9.17, 15) is 48.6 Å². The number of nitrogens with two attached hydrogens (primary N) is 1. The van der Waals surface area contributed by atoms with Crippen LogP contribution in [0.4, 0.5) is 5.82 Å². The fourth-order valence-corrected chi connectivity index (χ4v) is 8.62. The number of aliphatic hydroxyl groups is 3. The summed E-state index contributed by atoms with van der Waals surface area (Å²) in [6, 6.07) is 1.24. The highest BCUT2D eigenvalue weighted by Gasteiger charge is 2.46. The third-order valence-corrected chi connectivity index (χ3v) is 13.2. The van der Waals surface area contributed by atoms with Crippen molar-refractivity contribution < 1.29 is 71.4 Å². The molecule has 19 nitrogen and oxygen atoms in total. The Balaban J connectivity index is 1.87. The van der Waals surface area contributed by atoms with Gasteiger partial charge in [-0.15, -0.1) is 0 Å². The molecule has 1 saturated heterocycles. The molecule has 0 amide bonds. The number of phosphoric acid groups is 2. The maximum Gasteiger partial charge on any atom is 0.481 e. The molecule has 0 aromatic carbocycles. The molecule has 2 heterocycles. The SMILES string of the molecule is CCCCC[C@H](O)/C=C/C=C\C/C=C\C/C=C\CCCC(=O)O[C@H](COC(=O)CCCCCCCCC(C)CC)COP(=O)(O)OP(=O)(O)OC[C@H]1O[C@@H](n2ccc(N)nc2=O)[C@H](O)[C@@H]1O. The minimum atomic E-state index is -5.44. The molecule has 2 rings (SSSR count). The Hall–Kier alpha value is -3.32. The molecular formula is C45H75N3O16P2. The average Bonchev–Trinajstić information content (AvgIpc) is 3.54. The van der Waals surface area contributed by atoms with Crippen LogP contribution in [-0.2, 0) is 46.3 Å². The van der Waals surface area contributed by atoms with Gasteiger partial charge in [0.25, 0.3) is 0 Å². The van der Waals surface area contributed by atoms with Crippen LogP contribution in [0, 0.1) is 5.92 Å². The molecule has 21 heteroatoms. The van der Waals surface area contributed by atoms with Crippen LogP contribution >= 0.6 is 15.6 Å². The van der Waals surface area contributed by atoms with Crippen LogP contribution < -0.4 is 11.4 Å². The summed E-state index contributed by atoms with van der Waals surface area (Å²) in [6.07, 6.45) is 22.8. The number of phosphoric ester groups is 2. The average molecular weight is 976 g/mol. The van der Waals surface area contributed by atoms with Gasteiger partial charge < -0.3 is 45.1 Å². The van der Waals surface area contributed by atoms with Crippen LogP contribution in [0.15, 0.2) is 65.7 Å². The van der Waals surface area contributed by atoms with Gasteiger partial charge in [0.15, 0.2) is 12.3 Å². The van der Waals surface area contributed by atoms with Gasteiger partial charge in [0.05, 0.1) is 19.3 Å². The number of anilines is 1. The number of aliphatic hydroxyl groups excluding tert-OH is 3. The number of nitrogen functional groups attached to an aromatic ring is 1. The summed E-state index contributed by atoms with van der Waals surface area (Å²) in [7, 11) is -10.9. The molecule has 1 aromatic heterocycles. The monoisotopic (exact) mass is 975 g/mol. The first-order valence-corrected chi connectivity index (χ1v) is 26.1. The lowest BCUT2D eigenvalue weighted by atomic mass is 10.00. The Morgan fingerprint density at radius 3 is 2.21 bits per heavy atom. The molecule has 66 heavy (non-hydrogen) atoms. The number of esters is 2. The number of carbonyl (C=O) groups is 2. The van der Waals surface area contributed by atoms with Crippen molar-refractivity contribution in [1.29, 1.82) is 0 Å². The second-order valence-corrected chi connectivity index (χ2v) is 19.4. The normalized spacial score (nSPS) is 21.1. The zero-order valence-corrected chi connectivity index (χ0v) is 40.5. The van der Waals surface area contributed by atoms with E-state index in [-0.39, 0.29) is 18.7 Å². The highest BCUT2D eigenvalue weighted by Crippen LogP contribution is 2.60. The van der Waals surface area contributed by atoms with Crippen LogP contribution in [-0.4, -0.2) is 96.9 Å². The van der Waals surface area contributed by atoms with Gasteiger partial charge in [-0.1, -0.05) is 134 Å². The number of unbranched alkanes of at least 4 members (excludes halogenated alkanes) is 8. The van der Waals surface area contributed by atoms with Crippen molar-refractivity contribution in [2.24, 2.45) is 5.92 Å². The molecule has 9 atom stereocenters. The lowest BCUT2D eigenvalue weighted by Gasteiger charge is -2.21. The molecule has 7 N–H and O–H groups in total. The van der Waals surface area contributed by atoms with Gasteiger partial charge in [0, 0.05) is 19.0 Å². The molecule has 376 valence electrons. The second kappa shape index (κ2) is 33.2. The summed E-state index contributed by atoms with van der Waals surface area (Å²) in [5.74, 6) is -0.688. The molecule has 0 radical (unpaired) electrons. The van der Waals surface area contributed by atoms with Crippen LogP contribution in [0.2, 0.25) is 0 Å². The standard InChI is InChI=1S/C45H75N3O16P2/c1-4-6-20-26-36(49)27-22-17-12-10-8-7-9-11-13-19-24-29-41(51)62-37(32-59-40(50)28-23-18-15-14-16-21-25-35(3)5-2)33-60-65(55,56)64-66(57,58)61-34-38-42(52)43(53)44(63-38)48-31-30-39(46)47-45(48)54/h7-8,11-13,17,22,27,30-31,35-38,42-44,49,52-53H,4-6,9-10,14-16,18-21,23-26,28-29,32-34H2,1-3H3,(H,55,56)(H,57,58)(H2,46,47,54)/b8-7-,13-11-,17-12-,27-22+/t35?,36-,37+,38+,42+,43+,44+/m0/s1. The van der Waals surface area contributed by atoms with Gasteiger partial charge in [-0.05, 0) is 50.5 Å². The zero-order valence-electron chi connectivity index (χ0n) is 38.8. The topological polar surface area (TPSA) is 286 Å². The van der Waals surface area contributed by atoms with Crippen molar-refractivity contribution in [2.75, 3.05) is 25.6 Å². The minimum absolute atomic E-state index is 0.0469. The predicted molar refractivity (Wildman–Crippen MR) is 248 cm³/mol.